The summed E-state index contributed by atoms with van der Waals surface area (Å²) in [5.74, 6) is -0.0533. The molecule has 0 radical (unpaired) electrons. The molecule has 38 heavy (non-hydrogen) atoms. The van der Waals surface area contributed by atoms with Crippen molar-refractivity contribution < 1.29 is 14.7 Å². The lowest BCUT2D eigenvalue weighted by atomic mass is 10.0. The van der Waals surface area contributed by atoms with Crippen LogP contribution in [0.1, 0.15) is 33.6 Å². The summed E-state index contributed by atoms with van der Waals surface area (Å²) in [6.07, 6.45) is 2.65. The van der Waals surface area contributed by atoms with Crippen molar-refractivity contribution in [2.45, 2.75) is 25.3 Å². The highest BCUT2D eigenvalue weighted by Crippen LogP contribution is 2.31. The first-order chi connectivity index (χ1) is 18.5. The summed E-state index contributed by atoms with van der Waals surface area (Å²) in [5, 5.41) is 23.3. The lowest BCUT2D eigenvalue weighted by Gasteiger charge is -2.40. The number of aromatic nitrogens is 1. The van der Waals surface area contributed by atoms with Gasteiger partial charge < -0.3 is 31.1 Å². The van der Waals surface area contributed by atoms with E-state index in [1.807, 2.05) is 12.1 Å². The van der Waals surface area contributed by atoms with Crippen LogP contribution in [0.2, 0.25) is 0 Å². The van der Waals surface area contributed by atoms with Gasteiger partial charge in [0.15, 0.2) is 5.13 Å². The Balaban J connectivity index is 1.18. The zero-order valence-corrected chi connectivity index (χ0v) is 22.0. The Labute approximate surface area is 226 Å². The number of nitrogens with two attached hydrogens (primary N) is 1. The molecule has 2 saturated heterocycles. The average Bonchev–Trinajstić information content (AvgIpc) is 3.32. The van der Waals surface area contributed by atoms with Gasteiger partial charge in [-0.15, -0.1) is 0 Å². The molecule has 0 bridgehead atoms. The first kappa shape index (κ1) is 26.5. The van der Waals surface area contributed by atoms with E-state index < -0.39 is 0 Å². The van der Waals surface area contributed by atoms with E-state index in [4.69, 9.17) is 15.7 Å². The number of thiazole rings is 1. The van der Waals surface area contributed by atoms with E-state index >= 15 is 0 Å². The molecular weight excluding hydrogens is 504 g/mol. The second kappa shape index (κ2) is 12.2. The second-order valence-electron chi connectivity index (χ2n) is 9.63. The number of morpholine rings is 1. The summed E-state index contributed by atoms with van der Waals surface area (Å²) < 4.78 is 5.49. The van der Waals surface area contributed by atoms with E-state index in [2.05, 4.69) is 32.2 Å². The van der Waals surface area contributed by atoms with Gasteiger partial charge in [-0.1, -0.05) is 29.5 Å². The molecule has 2 aliphatic heterocycles. The molecule has 2 aliphatic rings. The maximum absolute atomic E-state index is 13.1. The molecule has 1 aromatic heterocycles. The van der Waals surface area contributed by atoms with Crippen LogP contribution >= 0.6 is 11.3 Å². The molecule has 0 spiro atoms. The fourth-order valence-electron chi connectivity index (χ4n) is 5.08. The van der Waals surface area contributed by atoms with Crippen molar-refractivity contribution in [2.24, 2.45) is 0 Å². The minimum absolute atomic E-state index is 0.0695. The monoisotopic (exact) mass is 537 g/mol. The number of nitrogens with zero attached hydrogens (tertiary/aromatic N) is 4. The predicted octanol–water partition coefficient (Wildman–Crippen LogP) is 3.73. The van der Waals surface area contributed by atoms with Gasteiger partial charge in [0.1, 0.15) is 10.7 Å². The van der Waals surface area contributed by atoms with Crippen LogP contribution in [0, 0.1) is 5.21 Å². The Hall–Kier alpha value is -3.06. The summed E-state index contributed by atoms with van der Waals surface area (Å²) in [5.41, 5.74) is 9.41. The van der Waals surface area contributed by atoms with E-state index in [1.165, 1.54) is 17.0 Å². The Morgan fingerprint density at radius 2 is 1.89 bits per heavy atom. The molecule has 0 amide bonds. The highest BCUT2D eigenvalue weighted by molar-refractivity contribution is 7.18. The van der Waals surface area contributed by atoms with Gasteiger partial charge >= 0.3 is 0 Å². The predicted molar refractivity (Wildman–Crippen MR) is 149 cm³/mol. The SMILES string of the molecule is Nc1nc(Nc2ccc(N3CCC(N4CCOCC4)CC3)cc2)sc1C(=O)c1cccc(CCN([O-])O)c1. The summed E-state index contributed by atoms with van der Waals surface area (Å²) in [6, 6.07) is 15.9. The van der Waals surface area contributed by atoms with Gasteiger partial charge in [-0.05, 0) is 55.2 Å². The lowest BCUT2D eigenvalue weighted by Crippen LogP contribution is -2.49. The smallest absolute Gasteiger partial charge is 0.206 e. The van der Waals surface area contributed by atoms with E-state index in [-0.39, 0.29) is 23.4 Å². The normalized spacial score (nSPS) is 17.2. The third-order valence-corrected chi connectivity index (χ3v) is 8.14. The molecule has 202 valence electrons. The summed E-state index contributed by atoms with van der Waals surface area (Å²) in [7, 11) is 0. The van der Waals surface area contributed by atoms with Gasteiger partial charge in [-0.25, -0.2) is 4.98 Å². The molecular formula is C27H33N6O4S-. The molecule has 3 heterocycles. The zero-order valence-electron chi connectivity index (χ0n) is 21.2. The van der Waals surface area contributed by atoms with Crippen LogP contribution in [0.15, 0.2) is 48.5 Å². The molecule has 0 aliphatic carbocycles. The molecule has 2 fully saturated rings. The van der Waals surface area contributed by atoms with Crippen LogP contribution in [0.4, 0.5) is 22.3 Å². The molecule has 11 heteroatoms. The largest absolute Gasteiger partial charge is 0.762 e. The standard InChI is InChI=1S/C27H33N6O4S/c28-26-25(24(34)20-3-1-2-19(18-20)8-13-33(35)36)38-27(30-26)29-21-4-6-22(7-5-21)31-11-9-23(10-12-31)32-14-16-37-17-15-32/h1-7,18,23,35H,8-17,28H2,(H,29,30)/q-1. The Morgan fingerprint density at radius 1 is 1.16 bits per heavy atom. The number of nitrogens with one attached hydrogen (secondary N) is 1. The Bertz CT molecular complexity index is 1220. The van der Waals surface area contributed by atoms with Crippen molar-refractivity contribution in [1.29, 1.82) is 0 Å². The Kier molecular flexibility index (Phi) is 8.52. The van der Waals surface area contributed by atoms with E-state index in [0.29, 0.717) is 28.0 Å². The van der Waals surface area contributed by atoms with Crippen LogP contribution in [0.25, 0.3) is 0 Å². The fourth-order valence-corrected chi connectivity index (χ4v) is 5.95. The minimum atomic E-state index is -0.228. The van der Waals surface area contributed by atoms with E-state index in [0.717, 1.165) is 63.5 Å². The molecule has 0 atom stereocenters. The molecule has 4 N–H and O–H groups in total. The van der Waals surface area contributed by atoms with Gasteiger partial charge in [0.05, 0.1) is 13.2 Å². The van der Waals surface area contributed by atoms with Crippen molar-refractivity contribution >= 4 is 39.4 Å². The number of hydrogen-bond donors (Lipinski definition) is 3. The highest BCUT2D eigenvalue weighted by Gasteiger charge is 2.26. The van der Waals surface area contributed by atoms with Crippen LogP contribution < -0.4 is 16.0 Å². The van der Waals surface area contributed by atoms with Crippen LogP contribution in [-0.2, 0) is 11.2 Å². The number of benzene rings is 2. The van der Waals surface area contributed by atoms with Gasteiger partial charge in [-0.2, -0.15) is 0 Å². The average molecular weight is 538 g/mol. The number of hydroxylamine groups is 2. The minimum Gasteiger partial charge on any atom is -0.762 e. The van der Waals surface area contributed by atoms with Crippen LogP contribution in [-0.4, -0.2) is 78.1 Å². The van der Waals surface area contributed by atoms with Gasteiger partial charge in [0, 0.05) is 55.7 Å². The van der Waals surface area contributed by atoms with Crippen LogP contribution in [0.3, 0.4) is 0 Å². The number of nitrogen functional groups attached to an aromatic ring is 1. The Morgan fingerprint density at radius 3 is 2.61 bits per heavy atom. The van der Waals surface area contributed by atoms with Crippen molar-refractivity contribution in [3.63, 3.8) is 0 Å². The van der Waals surface area contributed by atoms with Gasteiger partial charge in [0.25, 0.3) is 0 Å². The van der Waals surface area contributed by atoms with Gasteiger partial charge in [0.2, 0.25) is 5.78 Å². The topological polar surface area (TPSA) is 130 Å². The molecule has 10 nitrogen and oxygen atoms in total. The molecule has 3 aromatic rings. The number of carbonyl (C=O) groups is 1. The third-order valence-electron chi connectivity index (χ3n) is 7.15. The number of carbonyl (C=O) groups excluding carboxylic acids is 1. The number of ether oxygens (including phenoxy) is 1. The summed E-state index contributed by atoms with van der Waals surface area (Å²) in [4.78, 5) is 22.8. The number of ketones is 1. The van der Waals surface area contributed by atoms with Crippen molar-refractivity contribution in [3.05, 3.63) is 69.7 Å². The number of anilines is 4. The highest BCUT2D eigenvalue weighted by atomic mass is 32.1. The van der Waals surface area contributed by atoms with Crippen molar-refractivity contribution in [3.8, 4) is 0 Å². The summed E-state index contributed by atoms with van der Waals surface area (Å²) in [6.45, 7) is 5.78. The maximum atomic E-state index is 13.1. The third kappa shape index (κ3) is 6.49. The number of rotatable bonds is 9. The van der Waals surface area contributed by atoms with Crippen molar-refractivity contribution in [1.82, 2.24) is 15.1 Å². The van der Waals surface area contributed by atoms with E-state index in [9.17, 15) is 10.0 Å². The fraction of sp³-hybridized carbons (Fsp3) is 0.407. The molecule has 5 rings (SSSR count). The van der Waals surface area contributed by atoms with Crippen molar-refractivity contribution in [2.75, 3.05) is 61.9 Å². The summed E-state index contributed by atoms with van der Waals surface area (Å²) >= 11 is 1.21. The maximum Gasteiger partial charge on any atom is 0.206 e. The van der Waals surface area contributed by atoms with Gasteiger partial charge in [-0.3, -0.25) is 14.9 Å². The first-order valence-electron chi connectivity index (χ1n) is 12.9. The molecule has 2 aromatic carbocycles. The molecule has 0 unspecified atom stereocenters. The molecule has 0 saturated carbocycles. The second-order valence-corrected chi connectivity index (χ2v) is 10.6. The zero-order chi connectivity index (χ0) is 26.5. The van der Waals surface area contributed by atoms with E-state index in [1.54, 1.807) is 24.3 Å². The quantitative estimate of drug-likeness (QED) is 0.274. The number of hydrogen-bond acceptors (Lipinski definition) is 11. The number of piperidine rings is 1. The van der Waals surface area contributed by atoms with Crippen LogP contribution in [0.5, 0.6) is 0 Å². The first-order valence-corrected chi connectivity index (χ1v) is 13.8. The lowest BCUT2D eigenvalue weighted by molar-refractivity contribution is -0.0391.